The van der Waals surface area contributed by atoms with Gasteiger partial charge in [-0.25, -0.2) is 7.11 Å². The minimum atomic E-state index is -0.600. The molecule has 1 saturated carbocycles. The average Bonchev–Trinajstić information content (AvgIpc) is 2.77. The van der Waals surface area contributed by atoms with E-state index in [0.29, 0.717) is 6.42 Å². The number of Topliss-reactive ketones (excluding diaryl/α,β-unsaturated/α-hetero) is 1. The van der Waals surface area contributed by atoms with E-state index in [1.54, 1.807) is 0 Å². The molecule has 3 unspecified atom stereocenters. The van der Waals surface area contributed by atoms with Crippen molar-refractivity contribution in [3.8, 4) is 11.8 Å². The van der Waals surface area contributed by atoms with Crippen LogP contribution in [0.1, 0.15) is 36.5 Å². The zero-order valence-electron chi connectivity index (χ0n) is 15.4. The van der Waals surface area contributed by atoms with Crippen molar-refractivity contribution < 1.29 is 47.3 Å². The van der Waals surface area contributed by atoms with Gasteiger partial charge < -0.3 is 9.84 Å². The van der Waals surface area contributed by atoms with Gasteiger partial charge in [0.05, 0.1) is 12.7 Å². The molecule has 1 aliphatic rings. The Balaban J connectivity index is 0.00000312. The van der Waals surface area contributed by atoms with E-state index in [9.17, 15) is 9.90 Å². The summed E-state index contributed by atoms with van der Waals surface area (Å²) in [6.07, 6.45) is 1.54. The maximum Gasteiger partial charge on any atom is 0.141 e. The molecule has 0 bridgehead atoms. The van der Waals surface area contributed by atoms with Crippen molar-refractivity contribution in [1.82, 2.24) is 0 Å². The molecule has 1 N–H and O–H groups in total. The van der Waals surface area contributed by atoms with Crippen LogP contribution in [0.5, 0.6) is 0 Å². The molecule has 4 atom stereocenters. The number of aliphatic hydroxyl groups is 1. The number of hydrogen-bond donors (Lipinski definition) is 1. The Morgan fingerprint density at radius 1 is 1.24 bits per heavy atom. The van der Waals surface area contributed by atoms with Crippen molar-refractivity contribution in [1.29, 1.82) is 0 Å². The van der Waals surface area contributed by atoms with Crippen LogP contribution in [-0.2, 0) is 48.7 Å². The van der Waals surface area contributed by atoms with Crippen LogP contribution in [0.4, 0.5) is 0 Å². The summed E-state index contributed by atoms with van der Waals surface area (Å²) in [6.45, 7) is 6.30. The van der Waals surface area contributed by atoms with Crippen LogP contribution in [0.2, 0.25) is 0 Å². The molecule has 0 aliphatic heterocycles. The third-order valence-corrected chi connectivity index (χ3v) is 5.23. The van der Waals surface area contributed by atoms with E-state index in [1.807, 2.05) is 6.92 Å². The molecule has 1 fully saturated rings. The Bertz CT molecular complexity index is 644. The Labute approximate surface area is 176 Å². The van der Waals surface area contributed by atoms with Crippen molar-refractivity contribution in [3.05, 3.63) is 42.0 Å². The number of aryl methyl sites for hydroxylation is 3. The van der Waals surface area contributed by atoms with E-state index in [-0.39, 0.29) is 62.9 Å². The average molecular weight is 416 g/mol. The predicted molar refractivity (Wildman–Crippen MR) is 95.1 cm³/mol. The summed E-state index contributed by atoms with van der Waals surface area (Å²) in [5, 5.41) is 10.4. The summed E-state index contributed by atoms with van der Waals surface area (Å²) in [5.74, 6) is 5.55. The van der Waals surface area contributed by atoms with E-state index >= 15 is 0 Å². The summed E-state index contributed by atoms with van der Waals surface area (Å²) in [6, 6.07) is 6.44. The van der Waals surface area contributed by atoms with Gasteiger partial charge in [0.25, 0.3) is 0 Å². The molecule has 3 nitrogen and oxygen atoms in total. The number of ether oxygens (including phenoxy) is 1. The van der Waals surface area contributed by atoms with E-state index in [0.717, 1.165) is 12.8 Å². The van der Waals surface area contributed by atoms with Gasteiger partial charge in [0.2, 0.25) is 0 Å². The molecule has 0 saturated heterocycles. The number of carbonyl (C=O) groups excluding carboxylic acids is 1. The first-order valence-electron chi connectivity index (χ1n) is 8.56. The first kappa shape index (κ1) is 22.5. The van der Waals surface area contributed by atoms with Crippen LogP contribution in [0.3, 0.4) is 0 Å². The Morgan fingerprint density at radius 3 is 2.60 bits per heavy atom. The first-order chi connectivity index (χ1) is 11.5. The van der Waals surface area contributed by atoms with E-state index < -0.39 is 6.10 Å². The Morgan fingerprint density at radius 2 is 1.96 bits per heavy atom. The van der Waals surface area contributed by atoms with E-state index in [4.69, 9.17) is 0 Å². The van der Waals surface area contributed by atoms with Gasteiger partial charge in [-0.05, 0) is 43.4 Å². The minimum Gasteiger partial charge on any atom is -0.546 e. The van der Waals surface area contributed by atoms with Crippen molar-refractivity contribution in [2.45, 2.75) is 46.1 Å². The van der Waals surface area contributed by atoms with Crippen LogP contribution < -0.4 is 0 Å². The topological polar surface area (TPSA) is 46.5 Å². The maximum absolute atomic E-state index is 12.5. The molecule has 1 aliphatic carbocycles. The smallest absolute Gasteiger partial charge is 0.141 e. The quantitative estimate of drug-likeness (QED) is 0.592. The third-order valence-electron chi connectivity index (χ3n) is 5.23. The van der Waals surface area contributed by atoms with Crippen molar-refractivity contribution in [2.75, 3.05) is 6.61 Å². The normalized spacial score (nSPS) is 25.2. The minimum absolute atomic E-state index is 0. The van der Waals surface area contributed by atoms with Gasteiger partial charge in [0.15, 0.2) is 0 Å². The summed E-state index contributed by atoms with van der Waals surface area (Å²) < 4.78 is 4.68. The molecule has 0 amide bonds. The maximum atomic E-state index is 12.5. The second-order valence-electron chi connectivity index (χ2n) is 6.82. The van der Waals surface area contributed by atoms with Crippen LogP contribution in [0.25, 0.3) is 0 Å². The molecular weight excluding hydrogens is 389 g/mol. The van der Waals surface area contributed by atoms with Gasteiger partial charge in [-0.3, -0.25) is 4.79 Å². The van der Waals surface area contributed by atoms with Crippen molar-refractivity contribution >= 4 is 5.78 Å². The molecule has 1 aromatic carbocycles. The summed E-state index contributed by atoms with van der Waals surface area (Å²) >= 11 is 0. The number of carbonyl (C=O) groups is 1. The first-order valence-corrected chi connectivity index (χ1v) is 8.56. The zero-order chi connectivity index (χ0) is 17.7. The van der Waals surface area contributed by atoms with Gasteiger partial charge in [-0.2, -0.15) is 0 Å². The van der Waals surface area contributed by atoms with Crippen LogP contribution >= 0.6 is 0 Å². The predicted octanol–water partition coefficient (Wildman–Crippen LogP) is 3.25. The summed E-state index contributed by atoms with van der Waals surface area (Å²) in [7, 11) is 3.28. The molecule has 133 valence electrons. The number of ketones is 1. The third kappa shape index (κ3) is 5.73. The molecule has 0 aromatic heterocycles. The SMILES string of the molecule is [CH2-]OCC#CC[C@@H]1C(CCc2ccc(C)c(C)c2)C(=O)C(C)C1O.[Y]. The van der Waals surface area contributed by atoms with E-state index in [1.165, 1.54) is 16.7 Å². The van der Waals surface area contributed by atoms with Crippen LogP contribution in [0, 0.1) is 50.6 Å². The number of aliphatic hydroxyl groups excluding tert-OH is 1. The zero-order valence-corrected chi connectivity index (χ0v) is 18.3. The van der Waals surface area contributed by atoms with Gasteiger partial charge in [0.1, 0.15) is 5.78 Å². The van der Waals surface area contributed by atoms with Crippen molar-refractivity contribution in [2.24, 2.45) is 17.8 Å². The molecular formula is C21H27O3Y-. The fourth-order valence-electron chi connectivity index (χ4n) is 3.52. The van der Waals surface area contributed by atoms with Crippen LogP contribution in [-0.4, -0.2) is 23.6 Å². The fraction of sp³-hybridized carbons (Fsp3) is 0.524. The van der Waals surface area contributed by atoms with Crippen molar-refractivity contribution in [3.63, 3.8) is 0 Å². The van der Waals surface area contributed by atoms with Gasteiger partial charge >= 0.3 is 0 Å². The number of rotatable bonds is 5. The fourth-order valence-corrected chi connectivity index (χ4v) is 3.52. The molecule has 1 aromatic rings. The second-order valence-corrected chi connectivity index (χ2v) is 6.82. The molecule has 25 heavy (non-hydrogen) atoms. The van der Waals surface area contributed by atoms with Crippen LogP contribution in [0.15, 0.2) is 18.2 Å². The number of benzene rings is 1. The molecule has 1 radical (unpaired) electrons. The molecule has 0 heterocycles. The molecule has 0 spiro atoms. The Kier molecular flexibility index (Phi) is 9.53. The van der Waals surface area contributed by atoms with E-state index in [2.05, 4.69) is 55.7 Å². The monoisotopic (exact) mass is 416 g/mol. The van der Waals surface area contributed by atoms with Gasteiger partial charge in [-0.1, -0.05) is 31.0 Å². The molecule has 2 rings (SSSR count). The Hall–Kier alpha value is -0.526. The molecule has 4 heteroatoms. The second kappa shape index (κ2) is 10.6. The number of hydrogen-bond acceptors (Lipinski definition) is 3. The summed E-state index contributed by atoms with van der Waals surface area (Å²) in [5.41, 5.74) is 3.80. The largest absolute Gasteiger partial charge is 0.546 e. The van der Waals surface area contributed by atoms with Gasteiger partial charge in [-0.15, -0.1) is 5.92 Å². The standard InChI is InChI=1S/C21H27O3.Y/c1-14-8-9-17(13-15(14)2)10-11-19-18(7-5-6-12-24-4)20(22)16(3)21(19)23;/h8-9,13,16,18-20,22H,4,7,10-12H2,1-3H3;/q-1;/t16?,18-,19?,20?;/m1./s1. The van der Waals surface area contributed by atoms with Gasteiger partial charge in [0, 0.05) is 56.9 Å². The summed E-state index contributed by atoms with van der Waals surface area (Å²) in [4.78, 5) is 12.5.